The van der Waals surface area contributed by atoms with Crippen LogP contribution in [0.1, 0.15) is 49.1 Å². The van der Waals surface area contributed by atoms with Gasteiger partial charge >= 0.3 is 5.97 Å². The van der Waals surface area contributed by atoms with Gasteiger partial charge in [-0.05, 0) is 61.0 Å². The van der Waals surface area contributed by atoms with Crippen molar-refractivity contribution in [2.24, 2.45) is 17.8 Å². The van der Waals surface area contributed by atoms with Crippen LogP contribution in [0.25, 0.3) is 0 Å². The Morgan fingerprint density at radius 1 is 1.19 bits per heavy atom. The Hall–Kier alpha value is -1.35. The van der Waals surface area contributed by atoms with Gasteiger partial charge in [-0.2, -0.15) is 0 Å². The first-order chi connectivity index (χ1) is 10.2. The zero-order chi connectivity index (χ0) is 14.4. The van der Waals surface area contributed by atoms with E-state index in [1.807, 2.05) is 0 Å². The van der Waals surface area contributed by atoms with Gasteiger partial charge < -0.3 is 10.4 Å². The smallest absolute Gasteiger partial charge is 0.308 e. The number of nitrogens with one attached hydrogen (secondary N) is 1. The first-order valence-corrected chi connectivity index (χ1v) is 8.27. The molecular formula is C18H23NO2. The average molecular weight is 285 g/mol. The Kier molecular flexibility index (Phi) is 3.26. The van der Waals surface area contributed by atoms with Crippen LogP contribution in [0.5, 0.6) is 0 Å². The van der Waals surface area contributed by atoms with Crippen LogP contribution in [0.4, 0.5) is 0 Å². The van der Waals surface area contributed by atoms with Gasteiger partial charge in [0.2, 0.25) is 0 Å². The Bertz CT molecular complexity index is 552. The fourth-order valence-corrected chi connectivity index (χ4v) is 4.55. The molecule has 0 saturated heterocycles. The zero-order valence-electron chi connectivity index (χ0n) is 12.3. The summed E-state index contributed by atoms with van der Waals surface area (Å²) in [7, 11) is 0. The van der Waals surface area contributed by atoms with E-state index in [4.69, 9.17) is 0 Å². The van der Waals surface area contributed by atoms with Gasteiger partial charge in [0, 0.05) is 12.6 Å². The predicted molar refractivity (Wildman–Crippen MR) is 81.0 cm³/mol. The van der Waals surface area contributed by atoms with Crippen molar-refractivity contribution in [2.45, 2.75) is 50.6 Å². The molecule has 3 fully saturated rings. The molecule has 3 aliphatic carbocycles. The Morgan fingerprint density at radius 2 is 2.00 bits per heavy atom. The second-order valence-electron chi connectivity index (χ2n) is 7.12. The molecule has 2 N–H and O–H groups in total. The van der Waals surface area contributed by atoms with Crippen molar-refractivity contribution in [1.29, 1.82) is 0 Å². The van der Waals surface area contributed by atoms with E-state index in [-0.39, 0.29) is 12.0 Å². The van der Waals surface area contributed by atoms with E-state index in [9.17, 15) is 9.90 Å². The van der Waals surface area contributed by atoms with Gasteiger partial charge in [-0.3, -0.25) is 4.79 Å². The first-order valence-electron chi connectivity index (χ1n) is 8.27. The Labute approximate surface area is 125 Å². The summed E-state index contributed by atoms with van der Waals surface area (Å²) in [5.74, 6) is 0.978. The SMILES string of the molecule is O=C(O)C1C2CCC(C2)C1NCc1cccc(C2CC2)c1. The number of carboxylic acid groups (broad SMARTS) is 1. The molecule has 3 aliphatic rings. The minimum atomic E-state index is -0.605. The van der Waals surface area contributed by atoms with Crippen molar-refractivity contribution in [2.75, 3.05) is 0 Å². The molecule has 4 unspecified atom stereocenters. The lowest BCUT2D eigenvalue weighted by atomic mass is 9.84. The highest BCUT2D eigenvalue weighted by molar-refractivity contribution is 5.72. The molecule has 0 heterocycles. The summed E-state index contributed by atoms with van der Waals surface area (Å²) in [5.41, 5.74) is 2.75. The first kappa shape index (κ1) is 13.3. The summed E-state index contributed by atoms with van der Waals surface area (Å²) in [4.78, 5) is 11.5. The van der Waals surface area contributed by atoms with E-state index < -0.39 is 5.97 Å². The third-order valence-corrected chi connectivity index (χ3v) is 5.74. The standard InChI is InChI=1S/C18H23NO2/c20-18(21)16-14-6-7-15(9-14)17(16)19-10-11-2-1-3-13(8-11)12-4-5-12/h1-3,8,12,14-17,19H,4-7,9-10H2,(H,20,21). The van der Waals surface area contributed by atoms with Gasteiger partial charge in [0.05, 0.1) is 5.92 Å². The molecule has 3 nitrogen and oxygen atoms in total. The highest BCUT2D eigenvalue weighted by Crippen LogP contribution is 2.48. The van der Waals surface area contributed by atoms with E-state index in [2.05, 4.69) is 29.6 Å². The molecule has 21 heavy (non-hydrogen) atoms. The van der Waals surface area contributed by atoms with Gasteiger partial charge in [0.15, 0.2) is 0 Å². The second kappa shape index (κ2) is 5.13. The van der Waals surface area contributed by atoms with Crippen molar-refractivity contribution in [1.82, 2.24) is 5.32 Å². The van der Waals surface area contributed by atoms with Crippen LogP contribution in [0.15, 0.2) is 24.3 Å². The highest BCUT2D eigenvalue weighted by atomic mass is 16.4. The van der Waals surface area contributed by atoms with Crippen molar-refractivity contribution in [3.63, 3.8) is 0 Å². The van der Waals surface area contributed by atoms with E-state index in [0.29, 0.717) is 11.8 Å². The monoisotopic (exact) mass is 285 g/mol. The molecule has 4 rings (SSSR count). The molecular weight excluding hydrogens is 262 g/mol. The molecule has 112 valence electrons. The number of aliphatic carboxylic acids is 1. The van der Waals surface area contributed by atoms with E-state index in [0.717, 1.165) is 25.3 Å². The number of fused-ring (bicyclic) bond motifs is 2. The second-order valence-corrected chi connectivity index (χ2v) is 7.12. The van der Waals surface area contributed by atoms with E-state index in [1.165, 1.54) is 30.4 Å². The summed E-state index contributed by atoms with van der Waals surface area (Å²) >= 11 is 0. The average Bonchev–Trinajstić information content (AvgIpc) is 3.15. The summed E-state index contributed by atoms with van der Waals surface area (Å²) in [6, 6.07) is 8.99. The molecule has 1 aromatic rings. The molecule has 0 spiro atoms. The fraction of sp³-hybridized carbons (Fsp3) is 0.611. The number of carbonyl (C=O) groups is 1. The summed E-state index contributed by atoms with van der Waals surface area (Å²) in [5, 5.41) is 13.1. The van der Waals surface area contributed by atoms with Crippen LogP contribution in [0, 0.1) is 17.8 Å². The molecule has 0 aliphatic heterocycles. The van der Waals surface area contributed by atoms with Crippen LogP contribution in [0.2, 0.25) is 0 Å². The normalized spacial score (nSPS) is 34.3. The number of hydrogen-bond acceptors (Lipinski definition) is 2. The van der Waals surface area contributed by atoms with Gasteiger partial charge in [-0.1, -0.05) is 24.3 Å². The minimum Gasteiger partial charge on any atom is -0.481 e. The largest absolute Gasteiger partial charge is 0.481 e. The number of benzene rings is 1. The molecule has 2 bridgehead atoms. The molecule has 0 amide bonds. The molecule has 4 atom stereocenters. The number of hydrogen-bond donors (Lipinski definition) is 2. The van der Waals surface area contributed by atoms with E-state index in [1.54, 1.807) is 0 Å². The number of rotatable bonds is 5. The number of carboxylic acids is 1. The van der Waals surface area contributed by atoms with Gasteiger partial charge in [-0.15, -0.1) is 0 Å². The molecule has 0 aromatic heterocycles. The quantitative estimate of drug-likeness (QED) is 0.873. The van der Waals surface area contributed by atoms with Crippen molar-refractivity contribution in [3.05, 3.63) is 35.4 Å². The lowest BCUT2D eigenvalue weighted by molar-refractivity contribution is -0.144. The maximum absolute atomic E-state index is 11.5. The van der Waals surface area contributed by atoms with Crippen LogP contribution in [-0.4, -0.2) is 17.1 Å². The van der Waals surface area contributed by atoms with Crippen molar-refractivity contribution < 1.29 is 9.90 Å². The van der Waals surface area contributed by atoms with Crippen LogP contribution < -0.4 is 5.32 Å². The molecule has 1 aromatic carbocycles. The molecule has 0 radical (unpaired) electrons. The lowest BCUT2D eigenvalue weighted by Crippen LogP contribution is -2.43. The summed E-state index contributed by atoms with van der Waals surface area (Å²) in [6.07, 6.45) is 6.07. The minimum absolute atomic E-state index is 0.171. The van der Waals surface area contributed by atoms with Gasteiger partial charge in [0.1, 0.15) is 0 Å². The summed E-state index contributed by atoms with van der Waals surface area (Å²) < 4.78 is 0. The summed E-state index contributed by atoms with van der Waals surface area (Å²) in [6.45, 7) is 0.804. The fourth-order valence-electron chi connectivity index (χ4n) is 4.55. The zero-order valence-corrected chi connectivity index (χ0v) is 12.3. The Morgan fingerprint density at radius 3 is 2.76 bits per heavy atom. The van der Waals surface area contributed by atoms with Crippen LogP contribution in [0.3, 0.4) is 0 Å². The third kappa shape index (κ3) is 2.48. The topological polar surface area (TPSA) is 49.3 Å². The maximum atomic E-state index is 11.5. The Balaban J connectivity index is 1.44. The van der Waals surface area contributed by atoms with Gasteiger partial charge in [-0.25, -0.2) is 0 Å². The molecule has 3 heteroatoms. The van der Waals surface area contributed by atoms with E-state index >= 15 is 0 Å². The third-order valence-electron chi connectivity index (χ3n) is 5.74. The highest BCUT2D eigenvalue weighted by Gasteiger charge is 2.50. The van der Waals surface area contributed by atoms with Crippen LogP contribution in [-0.2, 0) is 11.3 Å². The predicted octanol–water partition coefficient (Wildman–Crippen LogP) is 3.15. The lowest BCUT2D eigenvalue weighted by Gasteiger charge is -2.29. The van der Waals surface area contributed by atoms with Crippen LogP contribution >= 0.6 is 0 Å². The van der Waals surface area contributed by atoms with Gasteiger partial charge in [0.25, 0.3) is 0 Å². The maximum Gasteiger partial charge on any atom is 0.308 e. The van der Waals surface area contributed by atoms with Crippen molar-refractivity contribution in [3.8, 4) is 0 Å². The molecule has 3 saturated carbocycles. The van der Waals surface area contributed by atoms with Crippen molar-refractivity contribution >= 4 is 5.97 Å².